The lowest BCUT2D eigenvalue weighted by atomic mass is 9.80. The van der Waals surface area contributed by atoms with Crippen LogP contribution < -0.4 is 5.32 Å². The van der Waals surface area contributed by atoms with Gasteiger partial charge in [0.15, 0.2) is 0 Å². The summed E-state index contributed by atoms with van der Waals surface area (Å²) in [6.45, 7) is 1.39. The highest BCUT2D eigenvalue weighted by Gasteiger charge is 2.49. The van der Waals surface area contributed by atoms with Crippen molar-refractivity contribution in [3.8, 4) is 0 Å². The summed E-state index contributed by atoms with van der Waals surface area (Å²) in [5.74, 6) is -3.12. The summed E-state index contributed by atoms with van der Waals surface area (Å²) in [4.78, 5) is 13.6. The van der Waals surface area contributed by atoms with Gasteiger partial charge in [-0.05, 0) is 19.9 Å². The van der Waals surface area contributed by atoms with E-state index in [9.17, 15) is 13.6 Å². The fourth-order valence-electron chi connectivity index (χ4n) is 2.51. The first-order valence-corrected chi connectivity index (χ1v) is 5.86. The number of likely N-dealkylation sites (N-methyl/N-ethyl adjacent to an activating group) is 1. The van der Waals surface area contributed by atoms with E-state index in [0.717, 1.165) is 19.4 Å². The number of likely N-dealkylation sites (tertiary alicyclic amines) is 1. The number of carbonyl (C=O) groups is 1. The van der Waals surface area contributed by atoms with Crippen molar-refractivity contribution in [2.45, 2.75) is 37.6 Å². The Morgan fingerprint density at radius 2 is 2.06 bits per heavy atom. The summed E-state index contributed by atoms with van der Waals surface area (Å²) in [5, 5.41) is 3.14. The van der Waals surface area contributed by atoms with Crippen LogP contribution in [0.1, 0.15) is 25.7 Å². The molecule has 2 rings (SSSR count). The second-order valence-corrected chi connectivity index (χ2v) is 4.87. The highest BCUT2D eigenvalue weighted by atomic mass is 35.5. The van der Waals surface area contributed by atoms with E-state index < -0.39 is 11.8 Å². The third-order valence-electron chi connectivity index (χ3n) is 3.58. The Kier molecular flexibility index (Phi) is 4.72. The van der Waals surface area contributed by atoms with Gasteiger partial charge in [0.05, 0.1) is 0 Å². The lowest BCUT2D eigenvalue weighted by Crippen LogP contribution is -2.52. The number of amides is 1. The summed E-state index contributed by atoms with van der Waals surface area (Å²) in [6.07, 6.45) is 1.50. The number of hydrogen-bond acceptors (Lipinski definition) is 2. The van der Waals surface area contributed by atoms with Gasteiger partial charge in [-0.15, -0.1) is 12.4 Å². The quantitative estimate of drug-likeness (QED) is 0.826. The topological polar surface area (TPSA) is 32.3 Å². The number of piperidine rings is 1. The molecular formula is C11H19ClF2N2O. The van der Waals surface area contributed by atoms with Crippen molar-refractivity contribution in [2.24, 2.45) is 5.92 Å². The third-order valence-corrected chi connectivity index (χ3v) is 3.58. The molecule has 0 aromatic heterocycles. The molecule has 1 heterocycles. The van der Waals surface area contributed by atoms with Crippen molar-refractivity contribution < 1.29 is 13.6 Å². The maximum atomic E-state index is 12.7. The largest absolute Gasteiger partial charge is 0.341 e. The normalized spacial score (nSPS) is 28.2. The van der Waals surface area contributed by atoms with Crippen LogP contribution in [0.4, 0.5) is 8.78 Å². The Morgan fingerprint density at radius 3 is 2.59 bits per heavy atom. The third kappa shape index (κ3) is 3.28. The number of nitrogens with one attached hydrogen (secondary N) is 1. The zero-order chi connectivity index (χ0) is 11.8. The fraction of sp³-hybridized carbons (Fsp3) is 0.909. The Balaban J connectivity index is 0.00000144. The predicted molar refractivity (Wildman–Crippen MR) is 63.6 cm³/mol. The Labute approximate surface area is 106 Å². The molecule has 0 bridgehead atoms. The summed E-state index contributed by atoms with van der Waals surface area (Å²) in [6, 6.07) is 0.318. The molecule has 2 aliphatic rings. The number of halogens is 3. The standard InChI is InChI=1S/C11H18F2N2O.ClH/c1-14-9-3-2-4-15(7-9)10(16)8-5-11(12,13)6-8;/h8-9,14H,2-7H2,1H3;1H. The minimum Gasteiger partial charge on any atom is -0.341 e. The number of alkyl halides is 2. The first-order chi connectivity index (χ1) is 7.52. The Bertz CT molecular complexity index is 281. The summed E-state index contributed by atoms with van der Waals surface area (Å²) >= 11 is 0. The van der Waals surface area contributed by atoms with Gasteiger partial charge in [0.1, 0.15) is 0 Å². The first kappa shape index (κ1) is 14.6. The van der Waals surface area contributed by atoms with Crippen LogP contribution in [0.5, 0.6) is 0 Å². The molecule has 1 aliphatic heterocycles. The van der Waals surface area contributed by atoms with E-state index in [2.05, 4.69) is 5.32 Å². The molecule has 1 atom stereocenters. The van der Waals surface area contributed by atoms with Crippen molar-refractivity contribution in [1.29, 1.82) is 0 Å². The monoisotopic (exact) mass is 268 g/mol. The molecule has 1 aliphatic carbocycles. The van der Waals surface area contributed by atoms with Crippen LogP contribution in [0.2, 0.25) is 0 Å². The zero-order valence-corrected chi connectivity index (χ0v) is 10.7. The van der Waals surface area contributed by atoms with Crippen LogP contribution in [0.25, 0.3) is 0 Å². The fourth-order valence-corrected chi connectivity index (χ4v) is 2.51. The van der Waals surface area contributed by atoms with Crippen LogP contribution in [0, 0.1) is 5.92 Å². The Morgan fingerprint density at radius 1 is 1.41 bits per heavy atom. The van der Waals surface area contributed by atoms with Gasteiger partial charge in [-0.25, -0.2) is 8.78 Å². The number of carbonyl (C=O) groups excluding carboxylic acids is 1. The molecular weight excluding hydrogens is 250 g/mol. The van der Waals surface area contributed by atoms with Crippen LogP contribution >= 0.6 is 12.4 Å². The summed E-state index contributed by atoms with van der Waals surface area (Å²) in [5.41, 5.74) is 0. The van der Waals surface area contributed by atoms with Crippen molar-refractivity contribution in [3.63, 3.8) is 0 Å². The molecule has 17 heavy (non-hydrogen) atoms. The van der Waals surface area contributed by atoms with Crippen LogP contribution in [0.15, 0.2) is 0 Å². The molecule has 0 aromatic rings. The van der Waals surface area contributed by atoms with Gasteiger partial charge in [0, 0.05) is 37.9 Å². The molecule has 0 spiro atoms. The number of nitrogens with zero attached hydrogens (tertiary/aromatic N) is 1. The lowest BCUT2D eigenvalue weighted by molar-refractivity contribution is -0.160. The summed E-state index contributed by atoms with van der Waals surface area (Å²) < 4.78 is 25.4. The van der Waals surface area contributed by atoms with Gasteiger partial charge < -0.3 is 10.2 Å². The zero-order valence-electron chi connectivity index (χ0n) is 9.92. The van der Waals surface area contributed by atoms with E-state index in [1.54, 1.807) is 4.90 Å². The molecule has 1 amide bonds. The molecule has 0 aromatic carbocycles. The van der Waals surface area contributed by atoms with Crippen molar-refractivity contribution in [3.05, 3.63) is 0 Å². The lowest BCUT2D eigenvalue weighted by Gasteiger charge is -2.40. The van der Waals surface area contributed by atoms with E-state index in [0.29, 0.717) is 12.6 Å². The average molecular weight is 269 g/mol. The van der Waals surface area contributed by atoms with Crippen molar-refractivity contribution >= 4 is 18.3 Å². The van der Waals surface area contributed by atoms with E-state index in [1.807, 2.05) is 7.05 Å². The molecule has 3 nitrogen and oxygen atoms in total. The van der Waals surface area contributed by atoms with Crippen molar-refractivity contribution in [1.82, 2.24) is 10.2 Å². The van der Waals surface area contributed by atoms with Gasteiger partial charge >= 0.3 is 0 Å². The predicted octanol–water partition coefficient (Wildman–Crippen LogP) is 1.66. The molecule has 100 valence electrons. The molecule has 1 saturated carbocycles. The average Bonchev–Trinajstić information content (AvgIpc) is 2.25. The van der Waals surface area contributed by atoms with E-state index in [1.165, 1.54) is 0 Å². The SMILES string of the molecule is CNC1CCCN(C(=O)C2CC(F)(F)C2)C1.Cl. The van der Waals surface area contributed by atoms with Crippen LogP contribution in [-0.2, 0) is 4.79 Å². The maximum absolute atomic E-state index is 12.7. The Hall–Kier alpha value is -0.420. The minimum atomic E-state index is -2.60. The van der Waals surface area contributed by atoms with E-state index in [4.69, 9.17) is 0 Å². The van der Waals surface area contributed by atoms with Crippen LogP contribution in [0.3, 0.4) is 0 Å². The van der Waals surface area contributed by atoms with Gasteiger partial charge in [-0.1, -0.05) is 0 Å². The number of hydrogen-bond donors (Lipinski definition) is 1. The molecule has 1 N–H and O–H groups in total. The highest BCUT2D eigenvalue weighted by Crippen LogP contribution is 2.43. The molecule has 0 radical (unpaired) electrons. The van der Waals surface area contributed by atoms with Gasteiger partial charge in [0.2, 0.25) is 11.8 Å². The summed E-state index contributed by atoms with van der Waals surface area (Å²) in [7, 11) is 1.87. The van der Waals surface area contributed by atoms with Gasteiger partial charge in [0.25, 0.3) is 0 Å². The van der Waals surface area contributed by atoms with E-state index >= 15 is 0 Å². The molecule has 6 heteroatoms. The first-order valence-electron chi connectivity index (χ1n) is 5.86. The van der Waals surface area contributed by atoms with Crippen LogP contribution in [-0.4, -0.2) is 42.9 Å². The highest BCUT2D eigenvalue weighted by molar-refractivity contribution is 5.85. The number of rotatable bonds is 2. The second kappa shape index (κ2) is 5.48. The molecule has 2 fully saturated rings. The minimum absolute atomic E-state index is 0. The molecule has 1 saturated heterocycles. The second-order valence-electron chi connectivity index (χ2n) is 4.87. The van der Waals surface area contributed by atoms with E-state index in [-0.39, 0.29) is 31.2 Å². The van der Waals surface area contributed by atoms with Gasteiger partial charge in [-0.2, -0.15) is 0 Å². The smallest absolute Gasteiger partial charge is 0.249 e. The molecule has 1 unspecified atom stereocenters. The van der Waals surface area contributed by atoms with Gasteiger partial charge in [-0.3, -0.25) is 4.79 Å². The maximum Gasteiger partial charge on any atom is 0.249 e. The van der Waals surface area contributed by atoms with Crippen molar-refractivity contribution in [2.75, 3.05) is 20.1 Å².